The number of nitro groups is 1. The Kier molecular flexibility index (Phi) is 14.4. The van der Waals surface area contributed by atoms with Crippen molar-refractivity contribution in [2.45, 2.75) is 39.5 Å². The average Bonchev–Trinajstić information content (AvgIpc) is 2.89. The highest BCUT2D eigenvalue weighted by Crippen LogP contribution is 2.17. The highest BCUT2D eigenvalue weighted by Gasteiger charge is 2.03. The standard InChI is InChI=1S/C24H27NO5.C5H8O2/c1-19(2)24(26)30-18-6-4-3-5-17-29-23-15-11-21(12-16-23)8-7-20-9-13-22(14-10-20)25(27)28;1-4(2)5(6)7-3/h7-16H,1,3-6,17-18H2,2H3;1H2,2-3H3/b8-7+;. The Hall–Kier alpha value is -4.20. The van der Waals surface area contributed by atoms with E-state index in [9.17, 15) is 19.7 Å². The summed E-state index contributed by atoms with van der Waals surface area (Å²) in [5.41, 5.74) is 2.86. The summed E-state index contributed by atoms with van der Waals surface area (Å²) in [5, 5.41) is 10.7. The molecule has 0 radical (unpaired) electrons. The van der Waals surface area contributed by atoms with Crippen LogP contribution >= 0.6 is 0 Å². The third-order valence-electron chi connectivity index (χ3n) is 4.88. The molecule has 2 aromatic rings. The third kappa shape index (κ3) is 13.5. The van der Waals surface area contributed by atoms with E-state index in [2.05, 4.69) is 17.9 Å². The molecule has 0 atom stereocenters. The molecule has 2 rings (SSSR count). The summed E-state index contributed by atoms with van der Waals surface area (Å²) in [4.78, 5) is 31.7. The Labute approximate surface area is 218 Å². The van der Waals surface area contributed by atoms with Crippen LogP contribution in [0.25, 0.3) is 12.2 Å². The zero-order chi connectivity index (χ0) is 27.6. The van der Waals surface area contributed by atoms with Crippen molar-refractivity contribution in [3.05, 3.63) is 94.1 Å². The van der Waals surface area contributed by atoms with E-state index in [1.165, 1.54) is 19.2 Å². The monoisotopic (exact) mass is 509 g/mol. The predicted molar refractivity (Wildman–Crippen MR) is 145 cm³/mol. The van der Waals surface area contributed by atoms with E-state index in [4.69, 9.17) is 9.47 Å². The normalized spacial score (nSPS) is 10.1. The molecule has 0 bridgehead atoms. The van der Waals surface area contributed by atoms with Crippen LogP contribution in [0.2, 0.25) is 0 Å². The van der Waals surface area contributed by atoms with E-state index in [0.29, 0.717) is 24.4 Å². The summed E-state index contributed by atoms with van der Waals surface area (Å²) in [7, 11) is 1.33. The molecule has 2 aromatic carbocycles. The molecule has 0 spiro atoms. The largest absolute Gasteiger partial charge is 0.494 e. The number of non-ortho nitro benzene ring substituents is 1. The van der Waals surface area contributed by atoms with E-state index < -0.39 is 4.92 Å². The van der Waals surface area contributed by atoms with Gasteiger partial charge in [0, 0.05) is 23.3 Å². The smallest absolute Gasteiger partial charge is 0.333 e. The summed E-state index contributed by atoms with van der Waals surface area (Å²) in [6.07, 6.45) is 7.64. The Balaban J connectivity index is 0.000000856. The molecule has 0 aliphatic rings. The lowest BCUT2D eigenvalue weighted by Crippen LogP contribution is -2.06. The lowest BCUT2D eigenvalue weighted by molar-refractivity contribution is -0.384. The van der Waals surface area contributed by atoms with Gasteiger partial charge in [-0.1, -0.05) is 37.4 Å². The van der Waals surface area contributed by atoms with Gasteiger partial charge in [0.15, 0.2) is 0 Å². The molecule has 37 heavy (non-hydrogen) atoms. The Morgan fingerprint density at radius 2 is 1.30 bits per heavy atom. The Morgan fingerprint density at radius 1 is 0.811 bits per heavy atom. The molecule has 0 amide bonds. The molecule has 0 saturated carbocycles. The molecule has 0 aliphatic carbocycles. The van der Waals surface area contributed by atoms with Crippen molar-refractivity contribution in [2.75, 3.05) is 20.3 Å². The van der Waals surface area contributed by atoms with Crippen LogP contribution in [0.3, 0.4) is 0 Å². The van der Waals surface area contributed by atoms with Crippen molar-refractivity contribution in [2.24, 2.45) is 0 Å². The minimum absolute atomic E-state index is 0.0832. The van der Waals surface area contributed by atoms with Crippen molar-refractivity contribution < 1.29 is 28.7 Å². The number of unbranched alkanes of at least 4 members (excludes halogenated alkanes) is 3. The van der Waals surface area contributed by atoms with Gasteiger partial charge in [0.2, 0.25) is 0 Å². The number of carbonyl (C=O) groups is 2. The number of nitro benzene ring substituents is 1. The van der Waals surface area contributed by atoms with Crippen LogP contribution in [-0.4, -0.2) is 37.2 Å². The lowest BCUT2D eigenvalue weighted by atomic mass is 10.1. The topological polar surface area (TPSA) is 105 Å². The van der Waals surface area contributed by atoms with Gasteiger partial charge >= 0.3 is 11.9 Å². The van der Waals surface area contributed by atoms with Crippen molar-refractivity contribution in [1.82, 2.24) is 0 Å². The minimum Gasteiger partial charge on any atom is -0.494 e. The van der Waals surface area contributed by atoms with Crippen LogP contribution in [0.15, 0.2) is 72.8 Å². The second kappa shape index (κ2) is 17.3. The summed E-state index contributed by atoms with van der Waals surface area (Å²) in [5.74, 6) is 0.141. The molecule has 0 fully saturated rings. The van der Waals surface area contributed by atoms with Crippen molar-refractivity contribution >= 4 is 29.8 Å². The molecule has 0 unspecified atom stereocenters. The summed E-state index contributed by atoms with van der Waals surface area (Å²) in [6, 6.07) is 14.2. The fourth-order valence-electron chi connectivity index (χ4n) is 2.78. The molecule has 198 valence electrons. The molecule has 0 heterocycles. The molecular formula is C29H35NO7. The molecule has 0 aromatic heterocycles. The molecule has 8 nitrogen and oxygen atoms in total. The number of hydrogen-bond acceptors (Lipinski definition) is 7. The molecule has 0 aliphatic heterocycles. The molecule has 0 N–H and O–H groups in total. The number of carbonyl (C=O) groups excluding carboxylic acids is 2. The van der Waals surface area contributed by atoms with E-state index in [1.807, 2.05) is 36.4 Å². The summed E-state index contributed by atoms with van der Waals surface area (Å²) < 4.78 is 15.1. The maximum atomic E-state index is 11.2. The van der Waals surface area contributed by atoms with Gasteiger partial charge < -0.3 is 14.2 Å². The fourth-order valence-corrected chi connectivity index (χ4v) is 2.78. The number of ether oxygens (including phenoxy) is 3. The number of esters is 2. The molecule has 8 heteroatoms. The van der Waals surface area contributed by atoms with Gasteiger partial charge in [0.05, 0.1) is 25.2 Å². The van der Waals surface area contributed by atoms with Gasteiger partial charge in [-0.25, -0.2) is 9.59 Å². The SMILES string of the molecule is C=C(C)C(=O)OC.C=C(C)C(=O)OCCCCCCOc1ccc(/C=C/c2ccc([N+](=O)[O-])cc2)cc1. The Morgan fingerprint density at radius 3 is 1.73 bits per heavy atom. The maximum absolute atomic E-state index is 11.2. The van der Waals surface area contributed by atoms with Crippen molar-refractivity contribution in [3.8, 4) is 5.75 Å². The number of methoxy groups -OCH3 is 1. The van der Waals surface area contributed by atoms with E-state index in [0.717, 1.165) is 42.6 Å². The van der Waals surface area contributed by atoms with Crippen LogP contribution in [0.5, 0.6) is 5.75 Å². The van der Waals surface area contributed by atoms with Crippen LogP contribution in [0, 0.1) is 10.1 Å². The van der Waals surface area contributed by atoms with Crippen molar-refractivity contribution in [3.63, 3.8) is 0 Å². The number of hydrogen-bond donors (Lipinski definition) is 0. The van der Waals surface area contributed by atoms with E-state index in [-0.39, 0.29) is 17.6 Å². The van der Waals surface area contributed by atoms with Gasteiger partial charge in [-0.05, 0) is 74.9 Å². The predicted octanol–water partition coefficient (Wildman–Crippen LogP) is 6.56. The van der Waals surface area contributed by atoms with E-state index >= 15 is 0 Å². The number of rotatable bonds is 13. The van der Waals surface area contributed by atoms with Gasteiger partial charge in [0.1, 0.15) is 5.75 Å². The van der Waals surface area contributed by atoms with Gasteiger partial charge in [0.25, 0.3) is 5.69 Å². The Bertz CT molecular complexity index is 1070. The van der Waals surface area contributed by atoms with Gasteiger partial charge in [-0.15, -0.1) is 0 Å². The van der Waals surface area contributed by atoms with Crippen molar-refractivity contribution in [1.29, 1.82) is 0 Å². The first-order valence-corrected chi connectivity index (χ1v) is 11.9. The first kappa shape index (κ1) is 30.8. The molecule has 0 saturated heterocycles. The quantitative estimate of drug-likeness (QED) is 0.0752. The van der Waals surface area contributed by atoms with Gasteiger partial charge in [-0.3, -0.25) is 10.1 Å². The van der Waals surface area contributed by atoms with E-state index in [1.54, 1.807) is 26.0 Å². The lowest BCUT2D eigenvalue weighted by Gasteiger charge is -2.07. The first-order chi connectivity index (χ1) is 17.6. The summed E-state index contributed by atoms with van der Waals surface area (Å²) in [6.45, 7) is 11.2. The minimum atomic E-state index is -0.409. The zero-order valence-corrected chi connectivity index (χ0v) is 21.7. The maximum Gasteiger partial charge on any atom is 0.333 e. The van der Waals surface area contributed by atoms with Crippen LogP contribution in [0.1, 0.15) is 50.7 Å². The summed E-state index contributed by atoms with van der Waals surface area (Å²) >= 11 is 0. The van der Waals surface area contributed by atoms with Crippen LogP contribution in [-0.2, 0) is 19.1 Å². The first-order valence-electron chi connectivity index (χ1n) is 11.9. The number of nitrogens with zero attached hydrogens (tertiary/aromatic N) is 1. The van der Waals surface area contributed by atoms with Crippen LogP contribution < -0.4 is 4.74 Å². The highest BCUT2D eigenvalue weighted by atomic mass is 16.6. The fraction of sp³-hybridized carbons (Fsp3) is 0.310. The average molecular weight is 510 g/mol. The van der Waals surface area contributed by atoms with Gasteiger partial charge in [-0.2, -0.15) is 0 Å². The second-order valence-electron chi connectivity index (χ2n) is 8.20. The third-order valence-corrected chi connectivity index (χ3v) is 4.88. The zero-order valence-electron chi connectivity index (χ0n) is 21.7. The highest BCUT2D eigenvalue weighted by molar-refractivity contribution is 5.87. The van der Waals surface area contributed by atoms with Crippen LogP contribution in [0.4, 0.5) is 5.69 Å². The number of benzene rings is 2. The second-order valence-corrected chi connectivity index (χ2v) is 8.20. The molecular weight excluding hydrogens is 474 g/mol.